The summed E-state index contributed by atoms with van der Waals surface area (Å²) in [4.78, 5) is 25.1. The van der Waals surface area contributed by atoms with Crippen LogP contribution in [0.3, 0.4) is 0 Å². The minimum Gasteiger partial charge on any atom is -0.465 e. The molecule has 4 aromatic rings. The fourth-order valence-electron chi connectivity index (χ4n) is 4.01. The van der Waals surface area contributed by atoms with E-state index in [0.717, 1.165) is 65.2 Å². The lowest BCUT2D eigenvalue weighted by atomic mass is 10.1. The second kappa shape index (κ2) is 13.0. The summed E-state index contributed by atoms with van der Waals surface area (Å²) in [6.07, 6.45) is 1.55. The van der Waals surface area contributed by atoms with Crippen LogP contribution in [-0.2, 0) is 20.6 Å². The number of aromatic nitrogens is 3. The van der Waals surface area contributed by atoms with Crippen molar-refractivity contribution in [1.29, 1.82) is 0 Å². The summed E-state index contributed by atoms with van der Waals surface area (Å²) < 4.78 is 15.3. The second-order valence-electron chi connectivity index (χ2n) is 8.39. The van der Waals surface area contributed by atoms with Crippen molar-refractivity contribution in [2.24, 2.45) is 0 Å². The average molecular weight is 492 g/mol. The lowest BCUT2D eigenvalue weighted by molar-refractivity contribution is 0.0601. The largest absolute Gasteiger partial charge is 0.465 e. The van der Waals surface area contributed by atoms with Crippen molar-refractivity contribution in [3.63, 3.8) is 0 Å². The summed E-state index contributed by atoms with van der Waals surface area (Å²) in [6, 6.07) is 15.6. The highest BCUT2D eigenvalue weighted by Crippen LogP contribution is 2.30. The van der Waals surface area contributed by atoms with E-state index in [1.165, 1.54) is 7.11 Å². The van der Waals surface area contributed by atoms with Crippen LogP contribution in [0.1, 0.15) is 28.2 Å². The fourth-order valence-corrected chi connectivity index (χ4v) is 4.01. The first-order valence-corrected chi connectivity index (χ1v) is 12.2. The maximum Gasteiger partial charge on any atom is 0.337 e. The van der Waals surface area contributed by atoms with Crippen molar-refractivity contribution in [3.05, 3.63) is 65.5 Å². The van der Waals surface area contributed by atoms with Crippen molar-refractivity contribution in [1.82, 2.24) is 20.3 Å². The number of benzene rings is 2. The molecule has 9 heteroatoms. The quantitative estimate of drug-likeness (QED) is 0.181. The summed E-state index contributed by atoms with van der Waals surface area (Å²) in [6.45, 7) is 4.30. The number of anilines is 1. The molecule has 0 amide bonds. The molecule has 36 heavy (non-hydrogen) atoms. The Labute approximate surface area is 210 Å². The van der Waals surface area contributed by atoms with Gasteiger partial charge in [-0.3, -0.25) is 0 Å². The standard InChI is InChI=1S/C27H33N5O4/c1-34-15-16-36-14-13-28-11-6-12-29-25-24-21-10-9-20(27(33)35-2)18-22(21)30-26(24)32-23(31-25)17-19-7-4-3-5-8-19/h3-5,7-10,18,28H,6,11-17H2,1-2H3,(H2,29,30,31,32). The van der Waals surface area contributed by atoms with Gasteiger partial charge in [0.05, 0.1) is 37.9 Å². The number of fused-ring (bicyclic) bond motifs is 3. The van der Waals surface area contributed by atoms with E-state index >= 15 is 0 Å². The van der Waals surface area contributed by atoms with Gasteiger partial charge in [0.25, 0.3) is 0 Å². The van der Waals surface area contributed by atoms with Gasteiger partial charge in [-0.2, -0.15) is 0 Å². The number of ether oxygens (including phenoxy) is 3. The number of methoxy groups -OCH3 is 2. The number of nitrogens with one attached hydrogen (secondary N) is 3. The molecule has 2 heterocycles. The molecule has 0 bridgehead atoms. The third kappa shape index (κ3) is 6.57. The van der Waals surface area contributed by atoms with Gasteiger partial charge in [-0.1, -0.05) is 36.4 Å². The summed E-state index contributed by atoms with van der Waals surface area (Å²) >= 11 is 0. The minimum absolute atomic E-state index is 0.374. The fraction of sp³-hybridized carbons (Fsp3) is 0.370. The van der Waals surface area contributed by atoms with Crippen LogP contribution in [0, 0.1) is 0 Å². The molecule has 3 N–H and O–H groups in total. The maximum absolute atomic E-state index is 12.0. The zero-order chi connectivity index (χ0) is 25.2. The van der Waals surface area contributed by atoms with Gasteiger partial charge in [-0.15, -0.1) is 0 Å². The Morgan fingerprint density at radius 3 is 2.64 bits per heavy atom. The molecular weight excluding hydrogens is 458 g/mol. The molecular formula is C27H33N5O4. The Bertz CT molecular complexity index is 1280. The Morgan fingerprint density at radius 2 is 1.83 bits per heavy atom. The summed E-state index contributed by atoms with van der Waals surface area (Å²) in [5.41, 5.74) is 3.18. The monoisotopic (exact) mass is 491 g/mol. The van der Waals surface area contributed by atoms with E-state index in [1.54, 1.807) is 19.2 Å². The number of esters is 1. The molecule has 0 radical (unpaired) electrons. The molecule has 0 unspecified atom stereocenters. The first kappa shape index (κ1) is 25.6. The van der Waals surface area contributed by atoms with Crippen LogP contribution in [0.2, 0.25) is 0 Å². The van der Waals surface area contributed by atoms with E-state index < -0.39 is 0 Å². The molecule has 0 aliphatic carbocycles. The number of aromatic amines is 1. The van der Waals surface area contributed by atoms with Crippen LogP contribution >= 0.6 is 0 Å². The van der Waals surface area contributed by atoms with E-state index in [-0.39, 0.29) is 5.97 Å². The van der Waals surface area contributed by atoms with Gasteiger partial charge in [0.15, 0.2) is 0 Å². The molecule has 0 aliphatic heterocycles. The summed E-state index contributed by atoms with van der Waals surface area (Å²) in [5.74, 6) is 1.13. The van der Waals surface area contributed by atoms with E-state index in [1.807, 2.05) is 24.3 Å². The SMILES string of the molecule is COCCOCCNCCCNc1nc(Cc2ccccc2)nc2[nH]c3cc(C(=O)OC)ccc3c12. The van der Waals surface area contributed by atoms with Gasteiger partial charge in [0.2, 0.25) is 0 Å². The van der Waals surface area contributed by atoms with Crippen LogP contribution in [-0.4, -0.2) is 74.6 Å². The maximum atomic E-state index is 12.0. The van der Waals surface area contributed by atoms with Crippen molar-refractivity contribution < 1.29 is 19.0 Å². The normalized spacial score (nSPS) is 11.3. The number of hydrogen-bond donors (Lipinski definition) is 3. The highest BCUT2D eigenvalue weighted by Gasteiger charge is 2.16. The molecule has 0 spiro atoms. The minimum atomic E-state index is -0.374. The van der Waals surface area contributed by atoms with Crippen LogP contribution in [0.25, 0.3) is 21.9 Å². The first-order valence-electron chi connectivity index (χ1n) is 12.2. The van der Waals surface area contributed by atoms with Crippen LogP contribution < -0.4 is 10.6 Å². The number of nitrogens with zero attached hydrogens (tertiary/aromatic N) is 2. The molecule has 0 atom stereocenters. The molecule has 0 saturated carbocycles. The third-order valence-corrected chi connectivity index (χ3v) is 5.80. The van der Waals surface area contributed by atoms with Crippen molar-refractivity contribution in [2.75, 3.05) is 59.0 Å². The van der Waals surface area contributed by atoms with Gasteiger partial charge < -0.3 is 29.8 Å². The average Bonchev–Trinajstić information content (AvgIpc) is 3.27. The van der Waals surface area contributed by atoms with E-state index in [2.05, 4.69) is 27.8 Å². The smallest absolute Gasteiger partial charge is 0.337 e. The highest BCUT2D eigenvalue weighted by atomic mass is 16.5. The molecule has 4 rings (SSSR count). The number of hydrogen-bond acceptors (Lipinski definition) is 8. The lowest BCUT2D eigenvalue weighted by Crippen LogP contribution is -2.23. The van der Waals surface area contributed by atoms with Crippen molar-refractivity contribution in [3.8, 4) is 0 Å². The predicted octanol–water partition coefficient (Wildman–Crippen LogP) is 3.54. The van der Waals surface area contributed by atoms with E-state index in [4.69, 9.17) is 24.2 Å². The van der Waals surface area contributed by atoms with Crippen molar-refractivity contribution >= 4 is 33.7 Å². The molecule has 0 aliphatic rings. The molecule has 190 valence electrons. The van der Waals surface area contributed by atoms with Crippen LogP contribution in [0.15, 0.2) is 48.5 Å². The molecule has 0 fully saturated rings. The van der Waals surface area contributed by atoms with E-state index in [9.17, 15) is 4.79 Å². The van der Waals surface area contributed by atoms with E-state index in [0.29, 0.717) is 31.8 Å². The lowest BCUT2D eigenvalue weighted by Gasteiger charge is -2.10. The highest BCUT2D eigenvalue weighted by molar-refractivity contribution is 6.12. The van der Waals surface area contributed by atoms with Gasteiger partial charge in [0, 0.05) is 37.5 Å². The summed E-state index contributed by atoms with van der Waals surface area (Å²) in [7, 11) is 3.05. The predicted molar refractivity (Wildman–Crippen MR) is 141 cm³/mol. The van der Waals surface area contributed by atoms with Crippen LogP contribution in [0.4, 0.5) is 5.82 Å². The Hall–Kier alpha value is -3.53. The van der Waals surface area contributed by atoms with Crippen LogP contribution in [0.5, 0.6) is 0 Å². The number of carbonyl (C=O) groups excluding carboxylic acids is 1. The van der Waals surface area contributed by atoms with Crippen molar-refractivity contribution in [2.45, 2.75) is 12.8 Å². The third-order valence-electron chi connectivity index (χ3n) is 5.80. The second-order valence-corrected chi connectivity index (χ2v) is 8.39. The number of H-pyrrole nitrogens is 1. The molecule has 9 nitrogen and oxygen atoms in total. The van der Waals surface area contributed by atoms with Gasteiger partial charge in [-0.25, -0.2) is 14.8 Å². The number of carbonyl (C=O) groups is 1. The van der Waals surface area contributed by atoms with Gasteiger partial charge >= 0.3 is 5.97 Å². The molecule has 0 saturated heterocycles. The molecule has 2 aromatic heterocycles. The summed E-state index contributed by atoms with van der Waals surface area (Å²) in [5, 5.41) is 8.77. The first-order chi connectivity index (χ1) is 17.7. The zero-order valence-electron chi connectivity index (χ0n) is 20.8. The zero-order valence-corrected chi connectivity index (χ0v) is 20.8. The van der Waals surface area contributed by atoms with Gasteiger partial charge in [0.1, 0.15) is 17.3 Å². The Kier molecular flexibility index (Phi) is 9.21. The Morgan fingerprint density at radius 1 is 0.972 bits per heavy atom. The van der Waals surface area contributed by atoms with Gasteiger partial charge in [-0.05, 0) is 30.7 Å². The topological polar surface area (TPSA) is 110 Å². The number of rotatable bonds is 14. The molecule has 2 aromatic carbocycles. The Balaban J connectivity index is 1.49.